The zero-order valence-corrected chi connectivity index (χ0v) is 11.8. The first-order valence-corrected chi connectivity index (χ1v) is 6.84. The molecule has 0 saturated carbocycles. The summed E-state index contributed by atoms with van der Waals surface area (Å²) >= 11 is 11.6. The third kappa shape index (κ3) is 2.42. The van der Waals surface area contributed by atoms with Crippen molar-refractivity contribution >= 4 is 38.9 Å². The van der Waals surface area contributed by atoms with Crippen LogP contribution >= 0.6 is 38.9 Å². The molecule has 1 unspecified atom stereocenters. The molecular weight excluding hydrogens is 308 g/mol. The zero-order valence-electron chi connectivity index (χ0n) is 8.61. The summed E-state index contributed by atoms with van der Waals surface area (Å²) in [6.45, 7) is 0. The molecule has 1 aromatic carbocycles. The lowest BCUT2D eigenvalue weighted by atomic mass is 10.1. The number of ether oxygens (including phenoxy) is 1. The SMILES string of the molecule is COc1ccc(C(Cl)c2sccc2Br)cc1. The van der Waals surface area contributed by atoms with Gasteiger partial charge in [-0.2, -0.15) is 0 Å². The Morgan fingerprint density at radius 1 is 1.25 bits per heavy atom. The van der Waals surface area contributed by atoms with Crippen LogP contribution in [0.4, 0.5) is 0 Å². The molecule has 0 fully saturated rings. The van der Waals surface area contributed by atoms with Gasteiger partial charge in [0.15, 0.2) is 0 Å². The van der Waals surface area contributed by atoms with Crippen LogP contribution in [-0.2, 0) is 0 Å². The summed E-state index contributed by atoms with van der Waals surface area (Å²) < 4.78 is 6.18. The van der Waals surface area contributed by atoms with Gasteiger partial charge in [0.2, 0.25) is 0 Å². The lowest BCUT2D eigenvalue weighted by Crippen LogP contribution is -1.91. The van der Waals surface area contributed by atoms with Gasteiger partial charge >= 0.3 is 0 Å². The minimum Gasteiger partial charge on any atom is -0.497 e. The molecule has 1 atom stereocenters. The second-order valence-electron chi connectivity index (χ2n) is 3.27. The Morgan fingerprint density at radius 2 is 1.94 bits per heavy atom. The Morgan fingerprint density at radius 3 is 2.44 bits per heavy atom. The van der Waals surface area contributed by atoms with Crippen molar-refractivity contribution in [2.45, 2.75) is 5.38 Å². The van der Waals surface area contributed by atoms with Crippen molar-refractivity contribution in [3.05, 3.63) is 50.6 Å². The van der Waals surface area contributed by atoms with Crippen LogP contribution in [-0.4, -0.2) is 7.11 Å². The van der Waals surface area contributed by atoms with Crippen LogP contribution in [0.5, 0.6) is 5.75 Å². The molecule has 0 radical (unpaired) electrons. The van der Waals surface area contributed by atoms with Crippen LogP contribution in [0.1, 0.15) is 15.8 Å². The Kier molecular flexibility index (Phi) is 3.90. The van der Waals surface area contributed by atoms with Gasteiger partial charge in [0.25, 0.3) is 0 Å². The van der Waals surface area contributed by atoms with Gasteiger partial charge < -0.3 is 4.74 Å². The normalized spacial score (nSPS) is 12.4. The highest BCUT2D eigenvalue weighted by Crippen LogP contribution is 2.37. The fraction of sp³-hybridized carbons (Fsp3) is 0.167. The highest BCUT2D eigenvalue weighted by atomic mass is 79.9. The van der Waals surface area contributed by atoms with Crippen LogP contribution in [0.2, 0.25) is 0 Å². The minimum atomic E-state index is -0.111. The van der Waals surface area contributed by atoms with Crippen molar-refractivity contribution in [3.8, 4) is 5.75 Å². The highest BCUT2D eigenvalue weighted by molar-refractivity contribution is 9.10. The average molecular weight is 318 g/mol. The number of halogens is 2. The van der Waals surface area contributed by atoms with Crippen LogP contribution in [0.25, 0.3) is 0 Å². The number of hydrogen-bond donors (Lipinski definition) is 0. The standard InChI is InChI=1S/C12H10BrClOS/c1-15-9-4-2-8(3-5-9)11(14)12-10(13)6-7-16-12/h2-7,11H,1H3. The second kappa shape index (κ2) is 5.21. The summed E-state index contributed by atoms with van der Waals surface area (Å²) in [6.07, 6.45) is 0. The van der Waals surface area contributed by atoms with Gasteiger partial charge in [-0.25, -0.2) is 0 Å². The molecule has 0 spiro atoms. The molecule has 1 aromatic heterocycles. The van der Waals surface area contributed by atoms with E-state index >= 15 is 0 Å². The van der Waals surface area contributed by atoms with Gasteiger partial charge in [0.1, 0.15) is 5.75 Å². The summed E-state index contributed by atoms with van der Waals surface area (Å²) in [5.41, 5.74) is 1.07. The number of thiophene rings is 1. The van der Waals surface area contributed by atoms with E-state index in [0.29, 0.717) is 0 Å². The molecule has 2 rings (SSSR count). The molecule has 0 aliphatic rings. The van der Waals surface area contributed by atoms with Crippen molar-refractivity contribution in [1.82, 2.24) is 0 Å². The number of rotatable bonds is 3. The van der Waals surface area contributed by atoms with E-state index in [0.717, 1.165) is 20.7 Å². The van der Waals surface area contributed by atoms with E-state index in [4.69, 9.17) is 16.3 Å². The van der Waals surface area contributed by atoms with Crippen LogP contribution in [0, 0.1) is 0 Å². The van der Waals surface area contributed by atoms with E-state index in [2.05, 4.69) is 15.9 Å². The van der Waals surface area contributed by atoms with Crippen molar-refractivity contribution in [2.24, 2.45) is 0 Å². The first-order valence-electron chi connectivity index (χ1n) is 4.73. The summed E-state index contributed by atoms with van der Waals surface area (Å²) in [7, 11) is 1.66. The van der Waals surface area contributed by atoms with Gasteiger partial charge in [0.05, 0.1) is 12.5 Å². The van der Waals surface area contributed by atoms with E-state index in [9.17, 15) is 0 Å². The number of alkyl halides is 1. The first kappa shape index (κ1) is 12.0. The lowest BCUT2D eigenvalue weighted by Gasteiger charge is -2.09. The number of methoxy groups -OCH3 is 1. The van der Waals surface area contributed by atoms with Gasteiger partial charge in [-0.1, -0.05) is 12.1 Å². The fourth-order valence-corrected chi connectivity index (χ4v) is 3.56. The monoisotopic (exact) mass is 316 g/mol. The fourth-order valence-electron chi connectivity index (χ4n) is 1.41. The van der Waals surface area contributed by atoms with Crippen LogP contribution in [0.3, 0.4) is 0 Å². The molecule has 84 valence electrons. The molecule has 0 aliphatic carbocycles. The van der Waals surface area contributed by atoms with Gasteiger partial charge in [-0.05, 0) is 45.1 Å². The lowest BCUT2D eigenvalue weighted by molar-refractivity contribution is 0.414. The third-order valence-corrected chi connectivity index (χ3v) is 4.82. The molecule has 0 amide bonds. The van der Waals surface area contributed by atoms with Crippen molar-refractivity contribution < 1.29 is 4.74 Å². The van der Waals surface area contributed by atoms with Gasteiger partial charge in [-0.15, -0.1) is 22.9 Å². The Labute approximate surface area is 112 Å². The van der Waals surface area contributed by atoms with E-state index in [1.54, 1.807) is 18.4 Å². The van der Waals surface area contributed by atoms with E-state index in [1.807, 2.05) is 35.7 Å². The maximum absolute atomic E-state index is 6.41. The average Bonchev–Trinajstić information content (AvgIpc) is 2.75. The van der Waals surface area contributed by atoms with E-state index in [-0.39, 0.29) is 5.38 Å². The van der Waals surface area contributed by atoms with Gasteiger partial charge in [0, 0.05) is 9.35 Å². The Balaban J connectivity index is 2.27. The third-order valence-electron chi connectivity index (χ3n) is 2.28. The van der Waals surface area contributed by atoms with Crippen LogP contribution in [0.15, 0.2) is 40.2 Å². The molecule has 2 aromatic rings. The number of hydrogen-bond acceptors (Lipinski definition) is 2. The Bertz CT molecular complexity index is 466. The minimum absolute atomic E-state index is 0.111. The van der Waals surface area contributed by atoms with Crippen molar-refractivity contribution in [2.75, 3.05) is 7.11 Å². The molecule has 1 nitrogen and oxygen atoms in total. The first-order chi connectivity index (χ1) is 7.72. The Hall–Kier alpha value is -0.510. The summed E-state index contributed by atoms with van der Waals surface area (Å²) in [4.78, 5) is 1.13. The zero-order chi connectivity index (χ0) is 11.5. The summed E-state index contributed by atoms with van der Waals surface area (Å²) in [5, 5.41) is 1.92. The van der Waals surface area contributed by atoms with Crippen molar-refractivity contribution in [3.63, 3.8) is 0 Å². The largest absolute Gasteiger partial charge is 0.497 e. The van der Waals surface area contributed by atoms with Crippen molar-refractivity contribution in [1.29, 1.82) is 0 Å². The molecular formula is C12H10BrClOS. The molecule has 0 bridgehead atoms. The summed E-state index contributed by atoms with van der Waals surface area (Å²) in [6, 6.07) is 9.84. The quantitative estimate of drug-likeness (QED) is 0.736. The van der Waals surface area contributed by atoms with Crippen LogP contribution < -0.4 is 4.74 Å². The maximum atomic E-state index is 6.41. The highest BCUT2D eigenvalue weighted by Gasteiger charge is 2.15. The second-order valence-corrected chi connectivity index (χ2v) is 5.51. The molecule has 16 heavy (non-hydrogen) atoms. The number of benzene rings is 1. The summed E-state index contributed by atoms with van der Waals surface area (Å²) in [5.74, 6) is 0.845. The predicted molar refractivity (Wildman–Crippen MR) is 72.7 cm³/mol. The topological polar surface area (TPSA) is 9.23 Å². The smallest absolute Gasteiger partial charge is 0.118 e. The van der Waals surface area contributed by atoms with Gasteiger partial charge in [-0.3, -0.25) is 0 Å². The molecule has 0 N–H and O–H groups in total. The molecule has 0 aliphatic heterocycles. The molecule has 4 heteroatoms. The van der Waals surface area contributed by atoms with E-state index < -0.39 is 0 Å². The molecule has 1 heterocycles. The molecule has 0 saturated heterocycles. The predicted octanol–water partition coefficient (Wildman–Crippen LogP) is 4.85. The van der Waals surface area contributed by atoms with E-state index in [1.165, 1.54) is 0 Å². The maximum Gasteiger partial charge on any atom is 0.118 e.